The van der Waals surface area contributed by atoms with E-state index in [0.29, 0.717) is 38.0 Å². The Balaban J connectivity index is 1.54. The van der Waals surface area contributed by atoms with Gasteiger partial charge in [0.25, 0.3) is 5.91 Å². The lowest BCUT2D eigenvalue weighted by atomic mass is 9.88. The number of alkyl halides is 3. The van der Waals surface area contributed by atoms with E-state index in [1.807, 2.05) is 30.3 Å². The van der Waals surface area contributed by atoms with Crippen molar-refractivity contribution in [1.29, 1.82) is 0 Å². The number of amides is 1. The predicted molar refractivity (Wildman–Crippen MR) is 125 cm³/mol. The monoisotopic (exact) mass is 496 g/mol. The van der Waals surface area contributed by atoms with E-state index in [1.54, 1.807) is 24.3 Å². The Morgan fingerprint density at radius 2 is 1.75 bits per heavy atom. The molecule has 0 unspecified atom stereocenters. The van der Waals surface area contributed by atoms with Crippen LogP contribution in [-0.2, 0) is 11.3 Å². The van der Waals surface area contributed by atoms with E-state index in [-0.39, 0.29) is 11.7 Å². The first-order chi connectivity index (χ1) is 17.2. The third-order valence-electron chi connectivity index (χ3n) is 5.87. The molecule has 3 aromatic rings. The second-order valence-electron chi connectivity index (χ2n) is 8.32. The number of likely N-dealkylation sites (tertiary alicyclic amines) is 1. The molecular formula is C27H23F3N2O4. The van der Waals surface area contributed by atoms with Gasteiger partial charge in [0.05, 0.1) is 0 Å². The highest BCUT2D eigenvalue weighted by atomic mass is 19.4. The fourth-order valence-corrected chi connectivity index (χ4v) is 4.01. The van der Waals surface area contributed by atoms with Crippen molar-refractivity contribution < 1.29 is 31.9 Å². The third kappa shape index (κ3) is 5.96. The number of halogens is 3. The first-order valence-electron chi connectivity index (χ1n) is 11.3. The highest BCUT2D eigenvalue weighted by Crippen LogP contribution is 2.32. The molecule has 4 rings (SSSR count). The summed E-state index contributed by atoms with van der Waals surface area (Å²) in [6, 6.07) is 17.8. The van der Waals surface area contributed by atoms with Crippen LogP contribution in [-0.4, -0.2) is 36.0 Å². The average Bonchev–Trinajstić information content (AvgIpc) is 3.29. The smallest absolute Gasteiger partial charge is 0.438 e. The zero-order chi connectivity index (χ0) is 25.7. The zero-order valence-electron chi connectivity index (χ0n) is 19.2. The summed E-state index contributed by atoms with van der Waals surface area (Å²) in [7, 11) is 0. The van der Waals surface area contributed by atoms with E-state index in [4.69, 9.17) is 10.2 Å². The maximum Gasteiger partial charge on any atom is 0.491 e. The number of piperidine rings is 1. The Labute approximate surface area is 205 Å². The molecule has 186 valence electrons. The van der Waals surface area contributed by atoms with Gasteiger partial charge in [-0.15, -0.1) is 0 Å². The van der Waals surface area contributed by atoms with Crippen LogP contribution < -0.4 is 10.5 Å². The summed E-state index contributed by atoms with van der Waals surface area (Å²) in [5.41, 5.74) is 8.50. The van der Waals surface area contributed by atoms with Crippen LogP contribution in [0.4, 0.5) is 13.2 Å². The minimum Gasteiger partial charge on any atom is -0.438 e. The molecule has 1 amide bonds. The molecule has 0 aliphatic carbocycles. The molecule has 0 bridgehead atoms. The average molecular weight is 496 g/mol. The largest absolute Gasteiger partial charge is 0.491 e. The second-order valence-corrected chi connectivity index (χ2v) is 8.32. The lowest BCUT2D eigenvalue weighted by Gasteiger charge is -2.32. The van der Waals surface area contributed by atoms with Crippen molar-refractivity contribution in [3.05, 3.63) is 88.9 Å². The van der Waals surface area contributed by atoms with E-state index in [2.05, 4.69) is 16.6 Å². The lowest BCUT2D eigenvalue weighted by Crippen LogP contribution is -2.38. The van der Waals surface area contributed by atoms with Gasteiger partial charge in [0.2, 0.25) is 5.76 Å². The molecule has 0 spiro atoms. The van der Waals surface area contributed by atoms with Crippen LogP contribution in [0.1, 0.15) is 51.8 Å². The van der Waals surface area contributed by atoms with Crippen LogP contribution in [0.2, 0.25) is 0 Å². The van der Waals surface area contributed by atoms with Crippen LogP contribution >= 0.6 is 0 Å². The molecular weight excluding hydrogens is 473 g/mol. The Morgan fingerprint density at radius 1 is 1.03 bits per heavy atom. The van der Waals surface area contributed by atoms with Gasteiger partial charge in [0, 0.05) is 31.3 Å². The van der Waals surface area contributed by atoms with Gasteiger partial charge in [-0.2, -0.15) is 13.2 Å². The van der Waals surface area contributed by atoms with Gasteiger partial charge in [-0.25, -0.2) is 4.79 Å². The van der Waals surface area contributed by atoms with E-state index < -0.39 is 29.6 Å². The highest BCUT2D eigenvalue weighted by Gasteiger charge is 2.42. The summed E-state index contributed by atoms with van der Waals surface area (Å²) in [6.07, 6.45) is -3.93. The topological polar surface area (TPSA) is 85.8 Å². The summed E-state index contributed by atoms with van der Waals surface area (Å²) in [6.45, 7) is 1.14. The number of rotatable bonds is 4. The molecule has 9 heteroatoms. The number of carbonyl (C=O) groups is 2. The predicted octanol–water partition coefficient (Wildman–Crippen LogP) is 4.63. The lowest BCUT2D eigenvalue weighted by molar-refractivity contribution is -0.189. The van der Waals surface area contributed by atoms with E-state index in [9.17, 15) is 22.8 Å². The second kappa shape index (κ2) is 10.7. The number of ether oxygens (including phenoxy) is 1. The van der Waals surface area contributed by atoms with Gasteiger partial charge < -0.3 is 19.8 Å². The molecule has 1 aliphatic heterocycles. The van der Waals surface area contributed by atoms with Gasteiger partial charge in [-0.1, -0.05) is 48.4 Å². The summed E-state index contributed by atoms with van der Waals surface area (Å²) < 4.78 is 48.4. The number of esters is 1. The molecule has 1 aliphatic rings. The minimum atomic E-state index is -5.23. The number of hydrogen-bond donors (Lipinski definition) is 1. The van der Waals surface area contributed by atoms with E-state index >= 15 is 0 Å². The standard InChI is InChI=1S/C27H23F3N2O4/c28-27(29,30)26(34)36-23-16-22(10-9-18-5-2-1-3-6-18)35-24(23)25(33)32-13-11-20(12-14-32)21-8-4-7-19(15-21)17-31/h1-8,15-16,20H,11-14,17,31H2. The van der Waals surface area contributed by atoms with Gasteiger partial charge in [0.15, 0.2) is 11.5 Å². The summed E-state index contributed by atoms with van der Waals surface area (Å²) >= 11 is 0. The number of benzene rings is 2. The molecule has 1 fully saturated rings. The Bertz CT molecular complexity index is 1300. The molecule has 0 radical (unpaired) electrons. The van der Waals surface area contributed by atoms with Gasteiger partial charge in [-0.05, 0) is 47.9 Å². The molecule has 2 aromatic carbocycles. The number of carbonyl (C=O) groups excluding carboxylic acids is 2. The number of furan rings is 1. The maximum atomic E-state index is 13.2. The SMILES string of the molecule is NCc1cccc(C2CCN(C(=O)c3oc(C#Cc4ccccc4)cc3OC(=O)C(F)(F)F)CC2)c1. The third-order valence-corrected chi connectivity index (χ3v) is 5.87. The number of nitrogens with two attached hydrogens (primary N) is 1. The van der Waals surface area contributed by atoms with Gasteiger partial charge in [-0.3, -0.25) is 4.79 Å². The van der Waals surface area contributed by atoms with Crippen molar-refractivity contribution in [3.63, 3.8) is 0 Å². The van der Waals surface area contributed by atoms with Crippen molar-refractivity contribution in [1.82, 2.24) is 4.90 Å². The molecule has 2 heterocycles. The van der Waals surface area contributed by atoms with Crippen LogP contribution in [0.25, 0.3) is 0 Å². The highest BCUT2D eigenvalue weighted by molar-refractivity contribution is 5.95. The normalized spacial score (nSPS) is 14.2. The molecule has 1 aromatic heterocycles. The van der Waals surface area contributed by atoms with Crippen molar-refractivity contribution in [3.8, 4) is 17.6 Å². The van der Waals surface area contributed by atoms with Crippen LogP contribution in [0.3, 0.4) is 0 Å². The summed E-state index contributed by atoms with van der Waals surface area (Å²) in [5.74, 6) is 1.36. The first-order valence-corrected chi connectivity index (χ1v) is 11.3. The van der Waals surface area contributed by atoms with Crippen LogP contribution in [0, 0.1) is 11.8 Å². The number of hydrogen-bond acceptors (Lipinski definition) is 5. The van der Waals surface area contributed by atoms with Crippen LogP contribution in [0.5, 0.6) is 5.75 Å². The quantitative estimate of drug-likeness (QED) is 0.421. The minimum absolute atomic E-state index is 0.0966. The molecule has 6 nitrogen and oxygen atoms in total. The fraction of sp³-hybridized carbons (Fsp3) is 0.259. The Morgan fingerprint density at radius 3 is 2.42 bits per heavy atom. The maximum absolute atomic E-state index is 13.2. The molecule has 0 saturated carbocycles. The van der Waals surface area contributed by atoms with Gasteiger partial charge in [0.1, 0.15) is 0 Å². The molecule has 1 saturated heterocycles. The number of nitrogens with zero attached hydrogens (tertiary/aromatic N) is 1. The molecule has 2 N–H and O–H groups in total. The van der Waals surface area contributed by atoms with E-state index in [0.717, 1.165) is 17.2 Å². The van der Waals surface area contributed by atoms with Crippen molar-refractivity contribution in [2.75, 3.05) is 13.1 Å². The van der Waals surface area contributed by atoms with Crippen LogP contribution in [0.15, 0.2) is 65.1 Å². The Kier molecular flexibility index (Phi) is 7.46. The zero-order valence-corrected chi connectivity index (χ0v) is 19.2. The summed E-state index contributed by atoms with van der Waals surface area (Å²) in [5, 5.41) is 0. The summed E-state index contributed by atoms with van der Waals surface area (Å²) in [4.78, 5) is 26.1. The van der Waals surface area contributed by atoms with Gasteiger partial charge >= 0.3 is 12.1 Å². The van der Waals surface area contributed by atoms with Crippen molar-refractivity contribution >= 4 is 11.9 Å². The fourth-order valence-electron chi connectivity index (χ4n) is 4.01. The first kappa shape index (κ1) is 25.1. The molecule has 36 heavy (non-hydrogen) atoms. The molecule has 0 atom stereocenters. The van der Waals surface area contributed by atoms with Crippen molar-refractivity contribution in [2.24, 2.45) is 5.73 Å². The Hall–Kier alpha value is -4.03. The van der Waals surface area contributed by atoms with Crippen molar-refractivity contribution in [2.45, 2.75) is 31.5 Å². The van der Waals surface area contributed by atoms with E-state index in [1.165, 1.54) is 4.90 Å².